The fourth-order valence-corrected chi connectivity index (χ4v) is 5.74. The van der Waals surface area contributed by atoms with E-state index in [0.717, 1.165) is 13.1 Å². The Morgan fingerprint density at radius 3 is 1.41 bits per heavy atom. The summed E-state index contributed by atoms with van der Waals surface area (Å²) in [5.41, 5.74) is 9.18. The van der Waals surface area contributed by atoms with Crippen molar-refractivity contribution in [2.24, 2.45) is 0 Å². The van der Waals surface area contributed by atoms with Crippen LogP contribution in [0.4, 0.5) is 0 Å². The van der Waals surface area contributed by atoms with Crippen LogP contribution < -0.4 is 0 Å². The molecule has 5 aromatic carbocycles. The number of para-hydroxylation sites is 3. The molecule has 0 aliphatic heterocycles. The van der Waals surface area contributed by atoms with Crippen LogP contribution in [0.2, 0.25) is 0 Å². The summed E-state index contributed by atoms with van der Waals surface area (Å²) >= 11 is 0. The van der Waals surface area contributed by atoms with Gasteiger partial charge in [-0.1, -0.05) is 90.5 Å². The van der Waals surface area contributed by atoms with Crippen LogP contribution in [0.1, 0.15) is 19.4 Å². The Morgan fingerprint density at radius 1 is 0.432 bits per heavy atom. The number of hydrogen-bond donors (Lipinski definition) is 0. The first-order chi connectivity index (χ1) is 18.2. The third-order valence-corrected chi connectivity index (χ3v) is 7.44. The summed E-state index contributed by atoms with van der Waals surface area (Å²) < 4.78 is 4.76. The number of hydrogen-bond acceptors (Lipinski definition) is 0. The lowest BCUT2D eigenvalue weighted by Crippen LogP contribution is -1.92. The molecular weight excluding hydrogens is 448 g/mol. The number of fused-ring (bicyclic) bond motifs is 6. The van der Waals surface area contributed by atoms with Crippen LogP contribution in [0.15, 0.2) is 115 Å². The zero-order chi connectivity index (χ0) is 25.4. The molecule has 0 N–H and O–H groups in total. The van der Waals surface area contributed by atoms with E-state index in [0.29, 0.717) is 0 Å². The average molecular weight is 481 g/mol. The zero-order valence-corrected chi connectivity index (χ0v) is 21.8. The van der Waals surface area contributed by atoms with E-state index in [1.165, 1.54) is 60.3 Å². The van der Waals surface area contributed by atoms with Gasteiger partial charge in [-0.3, -0.25) is 0 Å². The SMILES string of the molecule is CCn1c2ccccc2c2cc(-c3cccc(C)c3)ccc21.CCn1c2ccccc2c2ccccc21. The highest BCUT2D eigenvalue weighted by Gasteiger charge is 2.10. The summed E-state index contributed by atoms with van der Waals surface area (Å²) in [6.07, 6.45) is 0. The molecule has 2 heteroatoms. The summed E-state index contributed by atoms with van der Waals surface area (Å²) in [4.78, 5) is 0. The predicted molar refractivity (Wildman–Crippen MR) is 160 cm³/mol. The monoisotopic (exact) mass is 480 g/mol. The van der Waals surface area contributed by atoms with Crippen molar-refractivity contribution in [3.8, 4) is 11.1 Å². The van der Waals surface area contributed by atoms with Gasteiger partial charge in [0.1, 0.15) is 0 Å². The molecule has 37 heavy (non-hydrogen) atoms. The molecule has 0 aliphatic rings. The fourth-order valence-electron chi connectivity index (χ4n) is 5.74. The van der Waals surface area contributed by atoms with E-state index in [9.17, 15) is 0 Å². The van der Waals surface area contributed by atoms with E-state index in [1.807, 2.05) is 0 Å². The van der Waals surface area contributed by atoms with Gasteiger partial charge >= 0.3 is 0 Å². The Kier molecular flexibility index (Phi) is 6.02. The van der Waals surface area contributed by atoms with Crippen LogP contribution in [-0.2, 0) is 13.1 Å². The second kappa shape index (κ2) is 9.63. The molecule has 7 aromatic rings. The first kappa shape index (κ1) is 23.1. The van der Waals surface area contributed by atoms with E-state index in [4.69, 9.17) is 0 Å². The number of rotatable bonds is 3. The van der Waals surface area contributed by atoms with Crippen LogP contribution in [0, 0.1) is 6.92 Å². The highest BCUT2D eigenvalue weighted by atomic mass is 15.0. The largest absolute Gasteiger partial charge is 0.341 e. The van der Waals surface area contributed by atoms with Gasteiger partial charge in [-0.15, -0.1) is 0 Å². The van der Waals surface area contributed by atoms with Gasteiger partial charge in [0.15, 0.2) is 0 Å². The van der Waals surface area contributed by atoms with Crippen molar-refractivity contribution >= 4 is 43.6 Å². The molecule has 0 amide bonds. The maximum atomic E-state index is 2.39. The van der Waals surface area contributed by atoms with Crippen molar-refractivity contribution in [3.63, 3.8) is 0 Å². The number of benzene rings is 5. The smallest absolute Gasteiger partial charge is 0.0491 e. The molecule has 0 bridgehead atoms. The molecule has 7 rings (SSSR count). The fraction of sp³-hybridized carbons (Fsp3) is 0.143. The van der Waals surface area contributed by atoms with Crippen LogP contribution in [0.25, 0.3) is 54.7 Å². The third-order valence-electron chi connectivity index (χ3n) is 7.44. The van der Waals surface area contributed by atoms with E-state index >= 15 is 0 Å². The summed E-state index contributed by atoms with van der Waals surface area (Å²) in [7, 11) is 0. The Hall–Kier alpha value is -4.30. The Balaban J connectivity index is 0.000000146. The Bertz CT molecular complexity index is 1810. The van der Waals surface area contributed by atoms with Gasteiger partial charge in [-0.25, -0.2) is 0 Å². The second-order valence-electron chi connectivity index (χ2n) is 9.64. The quantitative estimate of drug-likeness (QED) is 0.238. The van der Waals surface area contributed by atoms with Crippen molar-refractivity contribution in [2.45, 2.75) is 33.9 Å². The topological polar surface area (TPSA) is 9.86 Å². The van der Waals surface area contributed by atoms with Gasteiger partial charge in [0, 0.05) is 56.7 Å². The third kappa shape index (κ3) is 3.99. The first-order valence-electron chi connectivity index (χ1n) is 13.2. The summed E-state index contributed by atoms with van der Waals surface area (Å²) in [5, 5.41) is 5.40. The van der Waals surface area contributed by atoms with Crippen molar-refractivity contribution in [1.82, 2.24) is 9.13 Å². The van der Waals surface area contributed by atoms with Crippen LogP contribution in [-0.4, -0.2) is 9.13 Å². The van der Waals surface area contributed by atoms with E-state index in [-0.39, 0.29) is 0 Å². The molecule has 0 saturated carbocycles. The molecule has 0 radical (unpaired) electrons. The van der Waals surface area contributed by atoms with Gasteiger partial charge in [-0.05, 0) is 62.2 Å². The van der Waals surface area contributed by atoms with E-state index in [1.54, 1.807) is 0 Å². The van der Waals surface area contributed by atoms with Gasteiger partial charge in [0.05, 0.1) is 0 Å². The second-order valence-corrected chi connectivity index (χ2v) is 9.64. The minimum Gasteiger partial charge on any atom is -0.341 e. The van der Waals surface area contributed by atoms with Gasteiger partial charge in [0.2, 0.25) is 0 Å². The van der Waals surface area contributed by atoms with Gasteiger partial charge in [-0.2, -0.15) is 0 Å². The lowest BCUT2D eigenvalue weighted by Gasteiger charge is -2.05. The zero-order valence-electron chi connectivity index (χ0n) is 21.8. The van der Waals surface area contributed by atoms with Crippen molar-refractivity contribution in [3.05, 3.63) is 121 Å². The minimum absolute atomic E-state index is 0.994. The number of nitrogens with zero attached hydrogens (tertiary/aromatic N) is 2. The maximum absolute atomic E-state index is 2.39. The molecule has 0 fully saturated rings. The van der Waals surface area contributed by atoms with Crippen molar-refractivity contribution < 1.29 is 0 Å². The predicted octanol–water partition coefficient (Wildman–Crippen LogP) is 9.60. The molecule has 2 aromatic heterocycles. The molecule has 0 atom stereocenters. The molecule has 0 aliphatic carbocycles. The van der Waals surface area contributed by atoms with Crippen LogP contribution >= 0.6 is 0 Å². The standard InChI is InChI=1S/C21H19N.C14H13N/c1-3-22-20-10-5-4-9-18(20)19-14-17(11-12-21(19)22)16-8-6-7-15(2)13-16;1-2-15-13-9-5-3-7-11(13)12-8-4-6-10-14(12)15/h4-14H,3H2,1-2H3;3-10H,2H2,1H3. The van der Waals surface area contributed by atoms with Gasteiger partial charge < -0.3 is 9.13 Å². The summed E-state index contributed by atoms with van der Waals surface area (Å²) in [5.74, 6) is 0. The van der Waals surface area contributed by atoms with E-state index < -0.39 is 0 Å². The Morgan fingerprint density at radius 2 is 0.892 bits per heavy atom. The normalized spacial score (nSPS) is 11.3. The van der Waals surface area contributed by atoms with E-state index in [2.05, 4.69) is 145 Å². The molecule has 182 valence electrons. The summed E-state index contributed by atoms with van der Waals surface area (Å²) in [6.45, 7) is 8.56. The van der Waals surface area contributed by atoms with Crippen molar-refractivity contribution in [2.75, 3.05) is 0 Å². The van der Waals surface area contributed by atoms with Crippen LogP contribution in [0.5, 0.6) is 0 Å². The highest BCUT2D eigenvalue weighted by Crippen LogP contribution is 2.33. The molecule has 0 spiro atoms. The maximum Gasteiger partial charge on any atom is 0.0491 e. The first-order valence-corrected chi connectivity index (χ1v) is 13.2. The number of aromatic nitrogens is 2. The van der Waals surface area contributed by atoms with Gasteiger partial charge in [0.25, 0.3) is 0 Å². The average Bonchev–Trinajstić information content (AvgIpc) is 3.45. The number of aryl methyl sites for hydroxylation is 3. The molecule has 0 unspecified atom stereocenters. The minimum atomic E-state index is 0.994. The summed E-state index contributed by atoms with van der Waals surface area (Å²) in [6, 6.07) is 41.4. The lowest BCUT2D eigenvalue weighted by molar-refractivity contribution is 0.827. The lowest BCUT2D eigenvalue weighted by atomic mass is 10.0. The highest BCUT2D eigenvalue weighted by molar-refractivity contribution is 6.09. The molecule has 0 saturated heterocycles. The Labute approximate surface area is 218 Å². The molecular formula is C35H32N2. The molecule has 2 nitrogen and oxygen atoms in total. The van der Waals surface area contributed by atoms with Crippen molar-refractivity contribution in [1.29, 1.82) is 0 Å². The molecule has 2 heterocycles. The van der Waals surface area contributed by atoms with Crippen LogP contribution in [0.3, 0.4) is 0 Å².